The van der Waals surface area contributed by atoms with Crippen molar-refractivity contribution in [2.24, 2.45) is 5.92 Å². The van der Waals surface area contributed by atoms with Gasteiger partial charge in [-0.25, -0.2) is 0 Å². The van der Waals surface area contributed by atoms with E-state index in [1.165, 1.54) is 0 Å². The van der Waals surface area contributed by atoms with Crippen LogP contribution in [0.15, 0.2) is 18.2 Å². The molecule has 2 N–H and O–H groups in total. The Kier molecular flexibility index (Phi) is 5.11. The van der Waals surface area contributed by atoms with Gasteiger partial charge in [-0.2, -0.15) is 13.2 Å². The van der Waals surface area contributed by atoms with Gasteiger partial charge in [0.2, 0.25) is 5.91 Å². The maximum absolute atomic E-state index is 12.6. The van der Waals surface area contributed by atoms with E-state index in [1.54, 1.807) is 0 Å². The lowest BCUT2D eigenvalue weighted by Crippen LogP contribution is -2.30. The lowest BCUT2D eigenvalue weighted by molar-refractivity contribution is -0.137. The molecule has 3 nitrogen and oxygen atoms in total. The Morgan fingerprint density at radius 3 is 2.62 bits per heavy atom. The Bertz CT molecular complexity index is 513. The quantitative estimate of drug-likeness (QED) is 0.892. The zero-order valence-corrected chi connectivity index (χ0v) is 12.0. The van der Waals surface area contributed by atoms with E-state index in [9.17, 15) is 18.0 Å². The molecule has 1 saturated heterocycles. The summed E-state index contributed by atoms with van der Waals surface area (Å²) in [4.78, 5) is 11.9. The van der Waals surface area contributed by atoms with Gasteiger partial charge < -0.3 is 10.6 Å². The molecule has 1 aromatic rings. The van der Waals surface area contributed by atoms with Crippen molar-refractivity contribution in [3.63, 3.8) is 0 Å². The monoisotopic (exact) mass is 320 g/mol. The van der Waals surface area contributed by atoms with E-state index < -0.39 is 11.7 Å². The average Bonchev–Trinajstić information content (AvgIpc) is 2.41. The molecule has 0 unspecified atom stereocenters. The van der Waals surface area contributed by atoms with Gasteiger partial charge in [0.25, 0.3) is 0 Å². The first-order valence-electron chi connectivity index (χ1n) is 6.73. The summed E-state index contributed by atoms with van der Waals surface area (Å²) in [6.07, 6.45) is -2.37. The van der Waals surface area contributed by atoms with Crippen molar-refractivity contribution in [1.82, 2.24) is 5.32 Å². The van der Waals surface area contributed by atoms with E-state index in [0.717, 1.165) is 44.1 Å². The lowest BCUT2D eigenvalue weighted by Gasteiger charge is -2.22. The van der Waals surface area contributed by atoms with Gasteiger partial charge in [-0.1, -0.05) is 11.6 Å². The third kappa shape index (κ3) is 4.61. The van der Waals surface area contributed by atoms with E-state index in [2.05, 4.69) is 10.6 Å². The smallest absolute Gasteiger partial charge is 0.325 e. The van der Waals surface area contributed by atoms with E-state index >= 15 is 0 Å². The molecule has 2 rings (SSSR count). The molecule has 1 heterocycles. The maximum atomic E-state index is 12.6. The number of rotatable bonds is 3. The highest BCUT2D eigenvalue weighted by Crippen LogP contribution is 2.34. The molecule has 0 saturated carbocycles. The molecule has 1 aliphatic heterocycles. The van der Waals surface area contributed by atoms with E-state index in [1.807, 2.05) is 0 Å². The highest BCUT2D eigenvalue weighted by Gasteiger charge is 2.31. The van der Waals surface area contributed by atoms with Crippen LogP contribution in [-0.2, 0) is 11.0 Å². The molecule has 0 atom stereocenters. The largest absolute Gasteiger partial charge is 0.416 e. The number of carbonyl (C=O) groups is 1. The van der Waals surface area contributed by atoms with Crippen LogP contribution >= 0.6 is 11.6 Å². The molecule has 0 radical (unpaired) electrons. The molecular weight excluding hydrogens is 305 g/mol. The predicted molar refractivity (Wildman–Crippen MR) is 75.3 cm³/mol. The summed E-state index contributed by atoms with van der Waals surface area (Å²) in [6.45, 7) is 1.73. The summed E-state index contributed by atoms with van der Waals surface area (Å²) in [6, 6.07) is 2.90. The van der Waals surface area contributed by atoms with Gasteiger partial charge >= 0.3 is 6.18 Å². The average molecular weight is 321 g/mol. The second-order valence-electron chi connectivity index (χ2n) is 5.14. The topological polar surface area (TPSA) is 41.1 Å². The Labute approximate surface area is 125 Å². The lowest BCUT2D eigenvalue weighted by atomic mass is 9.94. The fraction of sp³-hybridized carbons (Fsp3) is 0.500. The first-order chi connectivity index (χ1) is 9.86. The van der Waals surface area contributed by atoms with E-state index in [0.29, 0.717) is 6.42 Å². The summed E-state index contributed by atoms with van der Waals surface area (Å²) in [7, 11) is 0. The van der Waals surface area contributed by atoms with Crippen molar-refractivity contribution in [3.05, 3.63) is 28.8 Å². The number of carbonyl (C=O) groups excluding carboxylic acids is 1. The second kappa shape index (κ2) is 6.66. The number of halogens is 4. The molecule has 1 fully saturated rings. The number of amides is 1. The van der Waals surface area contributed by atoms with Gasteiger partial charge in [0.1, 0.15) is 0 Å². The fourth-order valence-electron chi connectivity index (χ4n) is 2.35. The SMILES string of the molecule is O=C(CC1CCNCC1)Nc1cc(C(F)(F)F)ccc1Cl. The third-order valence-corrected chi connectivity index (χ3v) is 3.83. The van der Waals surface area contributed by atoms with Gasteiger partial charge in [0.15, 0.2) is 0 Å². The van der Waals surface area contributed by atoms with Crippen LogP contribution < -0.4 is 10.6 Å². The summed E-state index contributed by atoms with van der Waals surface area (Å²) in [5.41, 5.74) is -0.825. The van der Waals surface area contributed by atoms with Gasteiger partial charge in [0, 0.05) is 6.42 Å². The third-order valence-electron chi connectivity index (χ3n) is 3.50. The van der Waals surface area contributed by atoms with Gasteiger partial charge in [0.05, 0.1) is 16.3 Å². The van der Waals surface area contributed by atoms with Gasteiger partial charge in [-0.15, -0.1) is 0 Å². The van der Waals surface area contributed by atoms with Gasteiger partial charge in [-0.3, -0.25) is 4.79 Å². The van der Waals surface area contributed by atoms with Crippen LogP contribution in [0.2, 0.25) is 5.02 Å². The Morgan fingerprint density at radius 2 is 2.00 bits per heavy atom. The zero-order chi connectivity index (χ0) is 15.5. The number of nitrogens with one attached hydrogen (secondary N) is 2. The molecule has 0 bridgehead atoms. The molecule has 21 heavy (non-hydrogen) atoms. The summed E-state index contributed by atoms with van der Waals surface area (Å²) < 4.78 is 37.9. The Balaban J connectivity index is 2.02. The molecule has 1 aliphatic rings. The molecular formula is C14H16ClF3N2O. The normalized spacial score (nSPS) is 16.8. The fourth-order valence-corrected chi connectivity index (χ4v) is 2.51. The Hall–Kier alpha value is -1.27. The van der Waals surface area contributed by atoms with Crippen molar-refractivity contribution in [2.45, 2.75) is 25.4 Å². The van der Waals surface area contributed by atoms with Crippen molar-refractivity contribution >= 4 is 23.2 Å². The molecule has 0 aliphatic carbocycles. The van der Waals surface area contributed by atoms with Crippen molar-refractivity contribution in [1.29, 1.82) is 0 Å². The number of hydrogen-bond donors (Lipinski definition) is 2. The highest BCUT2D eigenvalue weighted by molar-refractivity contribution is 6.33. The first-order valence-corrected chi connectivity index (χ1v) is 7.11. The minimum atomic E-state index is -4.46. The predicted octanol–water partition coefficient (Wildman–Crippen LogP) is 3.69. The van der Waals surface area contributed by atoms with Crippen LogP contribution in [-0.4, -0.2) is 19.0 Å². The molecule has 0 spiro atoms. The van der Waals surface area contributed by atoms with Crippen molar-refractivity contribution < 1.29 is 18.0 Å². The van der Waals surface area contributed by atoms with Crippen molar-refractivity contribution in [3.8, 4) is 0 Å². The molecule has 1 aromatic carbocycles. The van der Waals surface area contributed by atoms with Crippen LogP contribution in [0.4, 0.5) is 18.9 Å². The number of benzene rings is 1. The molecule has 7 heteroatoms. The van der Waals surface area contributed by atoms with Crippen LogP contribution in [0.25, 0.3) is 0 Å². The number of anilines is 1. The number of hydrogen-bond acceptors (Lipinski definition) is 2. The van der Waals surface area contributed by atoms with Crippen LogP contribution in [0.1, 0.15) is 24.8 Å². The number of alkyl halides is 3. The zero-order valence-electron chi connectivity index (χ0n) is 11.3. The van der Waals surface area contributed by atoms with E-state index in [4.69, 9.17) is 11.6 Å². The molecule has 1 amide bonds. The second-order valence-corrected chi connectivity index (χ2v) is 5.55. The standard InChI is InChI=1S/C14H16ClF3N2O/c15-11-2-1-10(14(16,17)18)8-12(11)20-13(21)7-9-3-5-19-6-4-9/h1-2,8-9,19H,3-7H2,(H,20,21). The minimum absolute atomic E-state index is 0.00502. The molecule has 116 valence electrons. The number of piperidine rings is 1. The van der Waals surface area contributed by atoms with Crippen LogP contribution in [0, 0.1) is 5.92 Å². The first kappa shape index (κ1) is 16.1. The van der Waals surface area contributed by atoms with Gasteiger partial charge in [-0.05, 0) is 50.0 Å². The van der Waals surface area contributed by atoms with Crippen LogP contribution in [0.5, 0.6) is 0 Å². The maximum Gasteiger partial charge on any atom is 0.416 e. The summed E-state index contributed by atoms with van der Waals surface area (Å²) in [5, 5.41) is 5.77. The minimum Gasteiger partial charge on any atom is -0.325 e. The van der Waals surface area contributed by atoms with E-state index in [-0.39, 0.29) is 22.5 Å². The highest BCUT2D eigenvalue weighted by atomic mass is 35.5. The summed E-state index contributed by atoms with van der Waals surface area (Å²) in [5.74, 6) is -0.0426. The molecule has 0 aromatic heterocycles. The Morgan fingerprint density at radius 1 is 1.33 bits per heavy atom. The summed E-state index contributed by atoms with van der Waals surface area (Å²) >= 11 is 5.84. The van der Waals surface area contributed by atoms with Crippen LogP contribution in [0.3, 0.4) is 0 Å². The van der Waals surface area contributed by atoms with Crippen molar-refractivity contribution in [2.75, 3.05) is 18.4 Å².